The lowest BCUT2D eigenvalue weighted by Crippen LogP contribution is -2.10. The van der Waals surface area contributed by atoms with Crippen molar-refractivity contribution >= 4 is 49.6 Å². The Kier molecular flexibility index (Phi) is 5.82. The molecule has 0 bridgehead atoms. The maximum atomic E-state index is 6.27. The van der Waals surface area contributed by atoms with Crippen LogP contribution in [0.15, 0.2) is 168 Å². The van der Waals surface area contributed by atoms with Crippen LogP contribution in [-0.4, -0.2) is 0 Å². The molecule has 0 atom stereocenters. The van der Waals surface area contributed by atoms with E-state index in [-0.39, 0.29) is 0 Å². The third kappa shape index (κ3) is 4.22. The van der Waals surface area contributed by atoms with Crippen molar-refractivity contribution < 1.29 is 4.42 Å². The predicted molar refractivity (Wildman–Crippen MR) is 177 cm³/mol. The number of hydrogen-bond donors (Lipinski definition) is 0. The summed E-state index contributed by atoms with van der Waals surface area (Å²) in [5.74, 6) is 0.862. The van der Waals surface area contributed by atoms with Gasteiger partial charge in [0.25, 0.3) is 0 Å². The number of benzene rings is 7. The predicted octanol–water partition coefficient (Wildman–Crippen LogP) is 11.5. The summed E-state index contributed by atoms with van der Waals surface area (Å²) in [5.41, 5.74) is 7.64. The minimum atomic E-state index is 0.862. The standard InChI is InChI=1S/C40H27NO/c1-4-20-35-28(11-1)14-9-22-36(35)30-16-7-18-33(25-30)41(38-23-10-15-29-12-2-5-21-37(29)38)34-19-8-17-31(26-34)40-27-32-13-3-6-24-39(32)42-40/h1-27H. The Balaban J connectivity index is 1.33. The van der Waals surface area contributed by atoms with Crippen LogP contribution in [0, 0.1) is 0 Å². The third-order valence-electron chi connectivity index (χ3n) is 8.03. The number of anilines is 3. The average molecular weight is 538 g/mol. The van der Waals surface area contributed by atoms with Crippen molar-refractivity contribution in [3.8, 4) is 22.5 Å². The van der Waals surface area contributed by atoms with E-state index in [0.29, 0.717) is 0 Å². The molecular formula is C40H27NO. The van der Waals surface area contributed by atoms with E-state index in [1.165, 1.54) is 32.7 Å². The zero-order valence-corrected chi connectivity index (χ0v) is 22.9. The topological polar surface area (TPSA) is 16.4 Å². The highest BCUT2D eigenvalue weighted by molar-refractivity contribution is 6.01. The van der Waals surface area contributed by atoms with Crippen LogP contribution in [0.1, 0.15) is 0 Å². The van der Waals surface area contributed by atoms with Gasteiger partial charge in [0.05, 0.1) is 5.69 Å². The monoisotopic (exact) mass is 537 g/mol. The smallest absolute Gasteiger partial charge is 0.135 e. The maximum Gasteiger partial charge on any atom is 0.135 e. The van der Waals surface area contributed by atoms with Gasteiger partial charge in [-0.3, -0.25) is 0 Å². The highest BCUT2D eigenvalue weighted by Crippen LogP contribution is 2.42. The van der Waals surface area contributed by atoms with Crippen LogP contribution >= 0.6 is 0 Å². The molecule has 0 radical (unpaired) electrons. The normalized spacial score (nSPS) is 11.3. The molecular weight excluding hydrogens is 510 g/mol. The number of rotatable bonds is 5. The number of hydrogen-bond acceptors (Lipinski definition) is 2. The van der Waals surface area contributed by atoms with Crippen molar-refractivity contribution in [2.75, 3.05) is 4.90 Å². The molecule has 0 amide bonds. The Morgan fingerprint density at radius 3 is 1.76 bits per heavy atom. The van der Waals surface area contributed by atoms with Crippen LogP contribution in [0.5, 0.6) is 0 Å². The minimum absolute atomic E-state index is 0.862. The summed E-state index contributed by atoms with van der Waals surface area (Å²) in [4.78, 5) is 2.36. The van der Waals surface area contributed by atoms with Crippen LogP contribution in [0.3, 0.4) is 0 Å². The van der Waals surface area contributed by atoms with Crippen LogP contribution in [0.4, 0.5) is 17.1 Å². The molecule has 0 saturated heterocycles. The van der Waals surface area contributed by atoms with E-state index in [9.17, 15) is 0 Å². The average Bonchev–Trinajstić information content (AvgIpc) is 3.50. The fourth-order valence-corrected chi connectivity index (χ4v) is 6.04. The second-order valence-corrected chi connectivity index (χ2v) is 10.6. The highest BCUT2D eigenvalue weighted by atomic mass is 16.3. The summed E-state index contributed by atoms with van der Waals surface area (Å²) in [6.45, 7) is 0. The lowest BCUT2D eigenvalue weighted by molar-refractivity contribution is 0.631. The molecule has 0 aliphatic carbocycles. The Labute approximate surface area is 244 Å². The van der Waals surface area contributed by atoms with Gasteiger partial charge >= 0.3 is 0 Å². The van der Waals surface area contributed by atoms with Gasteiger partial charge in [-0.15, -0.1) is 0 Å². The minimum Gasteiger partial charge on any atom is -0.456 e. The van der Waals surface area contributed by atoms with Gasteiger partial charge in [-0.25, -0.2) is 0 Å². The zero-order valence-electron chi connectivity index (χ0n) is 22.9. The van der Waals surface area contributed by atoms with Gasteiger partial charge in [0.2, 0.25) is 0 Å². The molecule has 8 aromatic rings. The largest absolute Gasteiger partial charge is 0.456 e. The molecule has 0 fully saturated rings. The lowest BCUT2D eigenvalue weighted by atomic mass is 9.97. The highest BCUT2D eigenvalue weighted by Gasteiger charge is 2.18. The molecule has 0 unspecified atom stereocenters. The molecule has 0 aliphatic rings. The first-order valence-corrected chi connectivity index (χ1v) is 14.3. The van der Waals surface area contributed by atoms with Crippen LogP contribution in [-0.2, 0) is 0 Å². The number of nitrogens with zero attached hydrogens (tertiary/aromatic N) is 1. The fraction of sp³-hybridized carbons (Fsp3) is 0. The molecule has 198 valence electrons. The summed E-state index contributed by atoms with van der Waals surface area (Å²) >= 11 is 0. The van der Waals surface area contributed by atoms with Gasteiger partial charge in [0, 0.05) is 27.7 Å². The van der Waals surface area contributed by atoms with Crippen LogP contribution < -0.4 is 4.90 Å². The summed E-state index contributed by atoms with van der Waals surface area (Å²) in [5, 5.41) is 6.00. The Morgan fingerprint density at radius 2 is 0.976 bits per heavy atom. The number of para-hydroxylation sites is 1. The summed E-state index contributed by atoms with van der Waals surface area (Å²) in [6, 6.07) is 58.0. The van der Waals surface area contributed by atoms with Crippen molar-refractivity contribution in [1.82, 2.24) is 0 Å². The SMILES string of the molecule is c1cc(-c2cc3ccccc3o2)cc(N(c2cccc(-c3cccc4ccccc34)c2)c2cccc3ccccc23)c1. The summed E-state index contributed by atoms with van der Waals surface area (Å²) < 4.78 is 6.27. The summed E-state index contributed by atoms with van der Waals surface area (Å²) in [6.07, 6.45) is 0. The lowest BCUT2D eigenvalue weighted by Gasteiger charge is -2.27. The van der Waals surface area contributed by atoms with Crippen molar-refractivity contribution in [3.05, 3.63) is 164 Å². The maximum absolute atomic E-state index is 6.27. The third-order valence-corrected chi connectivity index (χ3v) is 8.03. The molecule has 8 rings (SSSR count). The van der Waals surface area contributed by atoms with E-state index in [1.807, 2.05) is 18.2 Å². The molecule has 0 spiro atoms. The van der Waals surface area contributed by atoms with Crippen LogP contribution in [0.25, 0.3) is 55.0 Å². The fourth-order valence-electron chi connectivity index (χ4n) is 6.04. The van der Waals surface area contributed by atoms with E-state index < -0.39 is 0 Å². The molecule has 42 heavy (non-hydrogen) atoms. The first-order valence-electron chi connectivity index (χ1n) is 14.3. The van der Waals surface area contributed by atoms with Crippen molar-refractivity contribution in [2.24, 2.45) is 0 Å². The first-order chi connectivity index (χ1) is 20.8. The molecule has 2 nitrogen and oxygen atoms in total. The molecule has 2 heteroatoms. The first kappa shape index (κ1) is 24.2. The van der Waals surface area contributed by atoms with Gasteiger partial charge in [-0.05, 0) is 69.8 Å². The van der Waals surface area contributed by atoms with Gasteiger partial charge in [-0.1, -0.05) is 121 Å². The number of furan rings is 1. The Morgan fingerprint density at radius 1 is 0.405 bits per heavy atom. The van der Waals surface area contributed by atoms with Gasteiger partial charge < -0.3 is 9.32 Å². The Bertz CT molecular complexity index is 2180. The molecule has 0 aliphatic heterocycles. The molecule has 1 aromatic heterocycles. The second kappa shape index (κ2) is 10.1. The zero-order chi connectivity index (χ0) is 27.9. The quantitative estimate of drug-likeness (QED) is 0.217. The van der Waals surface area contributed by atoms with Crippen molar-refractivity contribution in [3.63, 3.8) is 0 Å². The molecule has 0 N–H and O–H groups in total. The molecule has 0 saturated carbocycles. The van der Waals surface area contributed by atoms with E-state index in [2.05, 4.69) is 150 Å². The van der Waals surface area contributed by atoms with Crippen molar-refractivity contribution in [1.29, 1.82) is 0 Å². The van der Waals surface area contributed by atoms with E-state index in [1.54, 1.807) is 0 Å². The van der Waals surface area contributed by atoms with Gasteiger partial charge in [0.15, 0.2) is 0 Å². The van der Waals surface area contributed by atoms with Gasteiger partial charge in [-0.2, -0.15) is 0 Å². The van der Waals surface area contributed by atoms with Crippen LogP contribution in [0.2, 0.25) is 0 Å². The molecule has 1 heterocycles. The Hall–Kier alpha value is -5.60. The van der Waals surface area contributed by atoms with Crippen molar-refractivity contribution in [2.45, 2.75) is 0 Å². The molecule has 7 aromatic carbocycles. The van der Waals surface area contributed by atoms with Gasteiger partial charge in [0.1, 0.15) is 11.3 Å². The second-order valence-electron chi connectivity index (χ2n) is 10.6. The van der Waals surface area contributed by atoms with E-state index in [0.717, 1.165) is 39.4 Å². The summed E-state index contributed by atoms with van der Waals surface area (Å²) in [7, 11) is 0. The number of fused-ring (bicyclic) bond motifs is 3. The van der Waals surface area contributed by atoms with E-state index in [4.69, 9.17) is 4.42 Å². The van der Waals surface area contributed by atoms with E-state index >= 15 is 0 Å².